The van der Waals surface area contributed by atoms with Crippen LogP contribution in [0.3, 0.4) is 0 Å². The van der Waals surface area contributed by atoms with Gasteiger partial charge in [0.25, 0.3) is 0 Å². The summed E-state index contributed by atoms with van der Waals surface area (Å²) in [7, 11) is -5.62. The molecule has 0 spiro atoms. The van der Waals surface area contributed by atoms with Crippen molar-refractivity contribution >= 4 is 29.5 Å². The van der Waals surface area contributed by atoms with Crippen LogP contribution in [0.2, 0.25) is 0 Å². The van der Waals surface area contributed by atoms with Crippen molar-refractivity contribution in [3.05, 3.63) is 48.0 Å². The van der Waals surface area contributed by atoms with Crippen LogP contribution in [0, 0.1) is 0 Å². The summed E-state index contributed by atoms with van der Waals surface area (Å²) in [5, 5.41) is 0.419. The van der Waals surface area contributed by atoms with E-state index in [1.807, 2.05) is 0 Å². The summed E-state index contributed by atoms with van der Waals surface area (Å²) >= 11 is 0. The van der Waals surface area contributed by atoms with Crippen LogP contribution >= 0.6 is 7.60 Å². The fraction of sp³-hybridized carbons (Fsp3) is 0.0769. The lowest BCUT2D eigenvalue weighted by Crippen LogP contribution is -2.13. The second-order valence-electron chi connectivity index (χ2n) is 4.36. The third-order valence-corrected chi connectivity index (χ3v) is 4.07. The Morgan fingerprint density at radius 1 is 1.00 bits per heavy atom. The molecule has 20 heavy (non-hydrogen) atoms. The molecule has 3 aromatic rings. The van der Waals surface area contributed by atoms with E-state index in [9.17, 15) is 13.3 Å². The highest BCUT2D eigenvalue weighted by Gasteiger charge is 2.51. The SMILES string of the molecule is O=P(O)(O)C(F)(F)c1cccc2oc3ccccc3c12. The first-order valence-corrected chi connectivity index (χ1v) is 7.28. The Morgan fingerprint density at radius 3 is 2.35 bits per heavy atom. The average Bonchev–Trinajstić information content (AvgIpc) is 2.75. The zero-order chi connectivity index (χ0) is 14.5. The smallest absolute Gasteiger partial charge is 0.399 e. The molecule has 0 fully saturated rings. The van der Waals surface area contributed by atoms with Crippen molar-refractivity contribution < 1.29 is 27.5 Å². The Bertz CT molecular complexity index is 850. The van der Waals surface area contributed by atoms with Gasteiger partial charge in [0.1, 0.15) is 11.2 Å². The summed E-state index contributed by atoms with van der Waals surface area (Å²) < 4.78 is 44.5. The molecular weight excluding hydrogens is 289 g/mol. The van der Waals surface area contributed by atoms with Crippen LogP contribution in [0.5, 0.6) is 0 Å². The van der Waals surface area contributed by atoms with E-state index in [0.29, 0.717) is 11.0 Å². The molecule has 104 valence electrons. The minimum atomic E-state index is -5.62. The Labute approximate surface area is 111 Å². The molecule has 0 bridgehead atoms. The average molecular weight is 298 g/mol. The molecule has 3 rings (SSSR count). The van der Waals surface area contributed by atoms with Gasteiger partial charge < -0.3 is 14.2 Å². The minimum absolute atomic E-state index is 0.0245. The van der Waals surface area contributed by atoms with E-state index in [2.05, 4.69) is 0 Å². The molecule has 0 saturated heterocycles. The first-order chi connectivity index (χ1) is 9.32. The quantitative estimate of drug-likeness (QED) is 0.706. The maximum atomic E-state index is 14.0. The highest BCUT2D eigenvalue weighted by Crippen LogP contribution is 2.60. The number of hydrogen-bond donors (Lipinski definition) is 2. The highest BCUT2D eigenvalue weighted by molar-refractivity contribution is 7.52. The number of halogens is 2. The van der Waals surface area contributed by atoms with Crippen LogP contribution in [-0.4, -0.2) is 9.79 Å². The van der Waals surface area contributed by atoms with Gasteiger partial charge in [0.15, 0.2) is 0 Å². The van der Waals surface area contributed by atoms with Gasteiger partial charge >= 0.3 is 13.3 Å². The zero-order valence-corrected chi connectivity index (χ0v) is 10.8. The van der Waals surface area contributed by atoms with Crippen molar-refractivity contribution in [1.29, 1.82) is 0 Å². The van der Waals surface area contributed by atoms with Crippen LogP contribution in [0.4, 0.5) is 8.78 Å². The number of benzene rings is 2. The van der Waals surface area contributed by atoms with Gasteiger partial charge in [0.2, 0.25) is 0 Å². The fourth-order valence-electron chi connectivity index (χ4n) is 2.18. The number of furan rings is 1. The second kappa shape index (κ2) is 4.12. The molecule has 0 amide bonds. The van der Waals surface area contributed by atoms with E-state index in [1.54, 1.807) is 24.3 Å². The van der Waals surface area contributed by atoms with Crippen molar-refractivity contribution in [1.82, 2.24) is 0 Å². The van der Waals surface area contributed by atoms with Crippen LogP contribution in [0.15, 0.2) is 46.9 Å². The zero-order valence-electron chi connectivity index (χ0n) is 9.96. The number of rotatable bonds is 2. The summed E-state index contributed by atoms with van der Waals surface area (Å²) in [6.07, 6.45) is 0. The molecular formula is C13H9F2O4P. The normalized spacial score (nSPS) is 13.2. The maximum absolute atomic E-state index is 14.0. The van der Waals surface area contributed by atoms with Crippen molar-refractivity contribution in [3.8, 4) is 0 Å². The molecule has 7 heteroatoms. The Kier molecular flexibility index (Phi) is 2.73. The molecule has 0 unspecified atom stereocenters. The molecule has 1 aromatic heterocycles. The van der Waals surface area contributed by atoms with Gasteiger partial charge in [0.05, 0.1) is 0 Å². The van der Waals surface area contributed by atoms with Crippen molar-refractivity contribution in [2.75, 3.05) is 0 Å². The van der Waals surface area contributed by atoms with Crippen molar-refractivity contribution in [3.63, 3.8) is 0 Å². The molecule has 2 N–H and O–H groups in total. The highest BCUT2D eigenvalue weighted by atomic mass is 31.2. The molecule has 0 atom stereocenters. The number of alkyl halides is 2. The second-order valence-corrected chi connectivity index (χ2v) is 6.01. The monoisotopic (exact) mass is 298 g/mol. The molecule has 0 aliphatic carbocycles. The van der Waals surface area contributed by atoms with Crippen molar-refractivity contribution in [2.24, 2.45) is 0 Å². The lowest BCUT2D eigenvalue weighted by molar-refractivity contribution is 0.0579. The predicted octanol–water partition coefficient (Wildman–Crippen LogP) is 3.81. The van der Waals surface area contributed by atoms with Gasteiger partial charge in [-0.25, -0.2) is 0 Å². The van der Waals surface area contributed by atoms with Crippen LogP contribution in [-0.2, 0) is 10.2 Å². The van der Waals surface area contributed by atoms with Crippen LogP contribution in [0.25, 0.3) is 21.9 Å². The Balaban J connectivity index is 2.46. The third-order valence-electron chi connectivity index (χ3n) is 3.09. The van der Waals surface area contributed by atoms with Gasteiger partial charge in [-0.3, -0.25) is 4.57 Å². The third kappa shape index (κ3) is 1.77. The fourth-order valence-corrected chi connectivity index (χ4v) is 2.68. The lowest BCUT2D eigenvalue weighted by atomic mass is 10.1. The summed E-state index contributed by atoms with van der Waals surface area (Å²) in [5.74, 6) is 0. The van der Waals surface area contributed by atoms with E-state index in [1.165, 1.54) is 12.1 Å². The summed E-state index contributed by atoms with van der Waals surface area (Å²) in [5.41, 5.74) is -4.44. The summed E-state index contributed by atoms with van der Waals surface area (Å²) in [4.78, 5) is 17.8. The van der Waals surface area contributed by atoms with Gasteiger partial charge in [0, 0.05) is 16.3 Å². The summed E-state index contributed by atoms with van der Waals surface area (Å²) in [6, 6.07) is 10.3. The molecule has 0 aliphatic heterocycles. The van der Waals surface area contributed by atoms with E-state index < -0.39 is 18.8 Å². The molecule has 1 heterocycles. The van der Waals surface area contributed by atoms with E-state index in [-0.39, 0.29) is 11.0 Å². The molecule has 0 aliphatic rings. The number of para-hydroxylation sites is 1. The number of fused-ring (bicyclic) bond motifs is 3. The minimum Gasteiger partial charge on any atom is -0.456 e. The molecule has 0 saturated carbocycles. The first kappa shape index (κ1) is 13.2. The first-order valence-electron chi connectivity index (χ1n) is 5.66. The standard InChI is InChI=1S/C13H9F2O4P/c14-13(15,20(16,17)18)9-5-3-7-11-12(9)8-4-1-2-6-10(8)19-11/h1-7H,(H2,16,17,18). The topological polar surface area (TPSA) is 70.7 Å². The molecule has 0 radical (unpaired) electrons. The van der Waals surface area contributed by atoms with E-state index in [0.717, 1.165) is 6.07 Å². The van der Waals surface area contributed by atoms with Gasteiger partial charge in [-0.05, 0) is 12.1 Å². The Morgan fingerprint density at radius 2 is 1.65 bits per heavy atom. The molecule has 4 nitrogen and oxygen atoms in total. The van der Waals surface area contributed by atoms with Crippen LogP contribution < -0.4 is 0 Å². The van der Waals surface area contributed by atoms with Gasteiger partial charge in [-0.1, -0.05) is 30.3 Å². The largest absolute Gasteiger partial charge is 0.456 e. The van der Waals surface area contributed by atoms with E-state index >= 15 is 0 Å². The van der Waals surface area contributed by atoms with Gasteiger partial charge in [-0.2, -0.15) is 8.78 Å². The predicted molar refractivity (Wildman–Crippen MR) is 69.7 cm³/mol. The van der Waals surface area contributed by atoms with Crippen molar-refractivity contribution in [2.45, 2.75) is 5.66 Å². The van der Waals surface area contributed by atoms with Gasteiger partial charge in [-0.15, -0.1) is 0 Å². The number of hydrogen-bond acceptors (Lipinski definition) is 2. The molecule has 2 aromatic carbocycles. The Hall–Kier alpha value is -1.75. The summed E-state index contributed by atoms with van der Waals surface area (Å²) in [6.45, 7) is 0. The maximum Gasteiger partial charge on any atom is 0.399 e. The van der Waals surface area contributed by atoms with E-state index in [4.69, 9.17) is 14.2 Å². The lowest BCUT2D eigenvalue weighted by Gasteiger charge is -2.18. The van der Waals surface area contributed by atoms with Crippen LogP contribution in [0.1, 0.15) is 5.56 Å².